The lowest BCUT2D eigenvalue weighted by molar-refractivity contribution is -0.129. The van der Waals surface area contributed by atoms with E-state index in [1.165, 1.54) is 4.90 Å². The van der Waals surface area contributed by atoms with Crippen molar-refractivity contribution < 1.29 is 23.8 Å². The summed E-state index contributed by atoms with van der Waals surface area (Å²) in [6, 6.07) is 13.6. The minimum Gasteiger partial charge on any atom is -0.503 e. The van der Waals surface area contributed by atoms with E-state index in [0.717, 1.165) is 22.2 Å². The molecular formula is C26H23ClN2O5. The normalized spacial score (nSPS) is 16.4. The number of fused-ring (bicyclic) bond motifs is 2. The van der Waals surface area contributed by atoms with Crippen LogP contribution in [0.25, 0.3) is 21.9 Å². The Morgan fingerprint density at radius 2 is 2.03 bits per heavy atom. The molecule has 34 heavy (non-hydrogen) atoms. The second-order valence-corrected chi connectivity index (χ2v) is 8.78. The Labute approximate surface area is 200 Å². The number of benzene rings is 2. The highest BCUT2D eigenvalue weighted by Gasteiger charge is 2.45. The third kappa shape index (κ3) is 3.57. The van der Waals surface area contributed by atoms with Crippen molar-refractivity contribution in [3.8, 4) is 0 Å². The largest absolute Gasteiger partial charge is 0.503 e. The maximum Gasteiger partial charge on any atom is 0.290 e. The van der Waals surface area contributed by atoms with Gasteiger partial charge < -0.3 is 24.1 Å². The minimum atomic E-state index is -0.773. The average molecular weight is 479 g/mol. The number of para-hydroxylation sites is 1. The smallest absolute Gasteiger partial charge is 0.290 e. The number of Topliss-reactive ketones (excluding diaryl/α,β-unsaturated/α-hetero) is 1. The van der Waals surface area contributed by atoms with Gasteiger partial charge in [-0.25, -0.2) is 0 Å². The quantitative estimate of drug-likeness (QED) is 0.270. The highest BCUT2D eigenvalue weighted by Crippen LogP contribution is 2.43. The molecule has 8 heteroatoms. The van der Waals surface area contributed by atoms with Gasteiger partial charge in [0.05, 0.1) is 11.6 Å². The van der Waals surface area contributed by atoms with Crippen LogP contribution in [0.2, 0.25) is 5.02 Å². The van der Waals surface area contributed by atoms with Crippen LogP contribution in [0.5, 0.6) is 0 Å². The number of nitrogens with zero attached hydrogens (tertiary/aromatic N) is 1. The average Bonchev–Trinajstić information content (AvgIpc) is 3.45. The van der Waals surface area contributed by atoms with Gasteiger partial charge >= 0.3 is 0 Å². The summed E-state index contributed by atoms with van der Waals surface area (Å²) in [6.45, 7) is 2.65. The van der Waals surface area contributed by atoms with Crippen LogP contribution in [0, 0.1) is 6.92 Å². The van der Waals surface area contributed by atoms with Crippen molar-refractivity contribution in [3.05, 3.63) is 81.9 Å². The Morgan fingerprint density at radius 1 is 1.24 bits per heavy atom. The first-order valence-corrected chi connectivity index (χ1v) is 11.3. The molecule has 3 heterocycles. The van der Waals surface area contributed by atoms with Gasteiger partial charge in [-0.05, 0) is 43.7 Å². The second-order valence-electron chi connectivity index (χ2n) is 8.34. The van der Waals surface area contributed by atoms with Crippen molar-refractivity contribution in [1.82, 2.24) is 9.88 Å². The summed E-state index contributed by atoms with van der Waals surface area (Å²) in [6.07, 6.45) is 0.554. The zero-order valence-electron chi connectivity index (χ0n) is 18.7. The van der Waals surface area contributed by atoms with Gasteiger partial charge in [0.25, 0.3) is 5.91 Å². The lowest BCUT2D eigenvalue weighted by atomic mass is 9.93. The van der Waals surface area contributed by atoms with E-state index in [0.29, 0.717) is 35.6 Å². The van der Waals surface area contributed by atoms with Crippen molar-refractivity contribution in [3.63, 3.8) is 0 Å². The monoisotopic (exact) mass is 478 g/mol. The number of aromatic nitrogens is 1. The Hall–Kier alpha value is -3.55. The third-order valence-corrected chi connectivity index (χ3v) is 6.45. The summed E-state index contributed by atoms with van der Waals surface area (Å²) in [4.78, 5) is 31.8. The molecule has 0 fully saturated rings. The molecule has 1 aliphatic rings. The molecule has 0 bridgehead atoms. The van der Waals surface area contributed by atoms with Crippen LogP contribution in [0.3, 0.4) is 0 Å². The molecule has 1 amide bonds. The van der Waals surface area contributed by atoms with Crippen molar-refractivity contribution in [1.29, 1.82) is 0 Å². The molecule has 0 saturated heterocycles. The molecule has 1 unspecified atom stereocenters. The van der Waals surface area contributed by atoms with Crippen LogP contribution >= 0.6 is 11.6 Å². The first-order valence-electron chi connectivity index (χ1n) is 10.9. The van der Waals surface area contributed by atoms with Crippen LogP contribution in [-0.2, 0) is 9.53 Å². The number of methoxy groups -OCH3 is 1. The van der Waals surface area contributed by atoms with Gasteiger partial charge in [0, 0.05) is 52.8 Å². The topological polar surface area (TPSA) is 95.8 Å². The van der Waals surface area contributed by atoms with E-state index in [1.807, 2.05) is 31.2 Å². The number of carbonyl (C=O) groups excluding carboxylic acids is 2. The molecule has 4 aromatic rings. The van der Waals surface area contributed by atoms with E-state index in [-0.39, 0.29) is 11.3 Å². The number of rotatable bonds is 7. The molecule has 1 atom stereocenters. The van der Waals surface area contributed by atoms with Gasteiger partial charge in [0.15, 0.2) is 11.5 Å². The van der Waals surface area contributed by atoms with Gasteiger partial charge in [0.1, 0.15) is 5.58 Å². The molecule has 0 aliphatic carbocycles. The number of ether oxygens (including phenoxy) is 1. The minimum absolute atomic E-state index is 0.000392. The molecule has 2 aromatic carbocycles. The SMILES string of the molecule is COCCCN1C(=O)C(O)=C(C(=O)c2cc3cc(Cl)ccc3o2)C1c1c(C)[nH]c2ccccc12. The first kappa shape index (κ1) is 22.3. The fraction of sp³-hybridized carbons (Fsp3) is 0.231. The number of hydrogen-bond donors (Lipinski definition) is 2. The van der Waals surface area contributed by atoms with Gasteiger partial charge in [0.2, 0.25) is 5.78 Å². The number of aliphatic hydroxyl groups excluding tert-OH is 1. The number of carbonyl (C=O) groups is 2. The molecule has 5 rings (SSSR count). The van der Waals surface area contributed by atoms with E-state index in [2.05, 4.69) is 4.98 Å². The van der Waals surface area contributed by atoms with Crippen molar-refractivity contribution in [2.45, 2.75) is 19.4 Å². The summed E-state index contributed by atoms with van der Waals surface area (Å²) in [7, 11) is 1.59. The van der Waals surface area contributed by atoms with Crippen molar-refractivity contribution >= 4 is 45.2 Å². The fourth-order valence-electron chi connectivity index (χ4n) is 4.71. The zero-order valence-corrected chi connectivity index (χ0v) is 19.5. The molecule has 0 radical (unpaired) electrons. The van der Waals surface area contributed by atoms with E-state index in [1.54, 1.807) is 31.4 Å². The number of amides is 1. The Balaban J connectivity index is 1.65. The Kier molecular flexibility index (Phi) is 5.67. The predicted octanol–water partition coefficient (Wildman–Crippen LogP) is 5.49. The maximum atomic E-state index is 13.7. The number of hydrogen-bond acceptors (Lipinski definition) is 5. The molecule has 0 saturated carbocycles. The van der Waals surface area contributed by atoms with E-state index >= 15 is 0 Å². The standard InChI is InChI=1S/C26H23ClN2O5/c1-14-21(17-6-3-4-7-18(17)28-14)23-22(25(31)26(32)29(23)10-5-11-33-2)24(30)20-13-15-12-16(27)8-9-19(15)34-20/h3-4,6-9,12-13,23,28,31H,5,10-11H2,1-2H3. The zero-order chi connectivity index (χ0) is 24.0. The number of nitrogens with one attached hydrogen (secondary N) is 1. The number of halogens is 1. The number of furan rings is 1. The summed E-state index contributed by atoms with van der Waals surface area (Å²) in [5, 5.41) is 13.0. The number of aliphatic hydroxyl groups is 1. The molecule has 1 aliphatic heterocycles. The summed E-state index contributed by atoms with van der Waals surface area (Å²) in [5.41, 5.74) is 2.96. The van der Waals surface area contributed by atoms with Gasteiger partial charge in [-0.3, -0.25) is 9.59 Å². The Morgan fingerprint density at radius 3 is 2.82 bits per heavy atom. The highest BCUT2D eigenvalue weighted by molar-refractivity contribution is 6.31. The molecule has 174 valence electrons. The van der Waals surface area contributed by atoms with E-state index < -0.39 is 23.5 Å². The number of aryl methyl sites for hydroxylation is 1. The number of ketones is 1. The van der Waals surface area contributed by atoms with E-state index in [9.17, 15) is 14.7 Å². The second kappa shape index (κ2) is 8.66. The molecule has 2 aromatic heterocycles. The summed E-state index contributed by atoms with van der Waals surface area (Å²) >= 11 is 6.08. The van der Waals surface area contributed by atoms with Crippen molar-refractivity contribution in [2.24, 2.45) is 0 Å². The lowest BCUT2D eigenvalue weighted by Crippen LogP contribution is -2.32. The molecule has 0 spiro atoms. The molecule has 2 N–H and O–H groups in total. The van der Waals surface area contributed by atoms with Crippen LogP contribution < -0.4 is 0 Å². The summed E-state index contributed by atoms with van der Waals surface area (Å²) in [5.74, 6) is -1.65. The van der Waals surface area contributed by atoms with Crippen LogP contribution in [-0.4, -0.2) is 46.9 Å². The lowest BCUT2D eigenvalue weighted by Gasteiger charge is -2.27. The van der Waals surface area contributed by atoms with Gasteiger partial charge in [-0.1, -0.05) is 29.8 Å². The number of aromatic amines is 1. The van der Waals surface area contributed by atoms with Gasteiger partial charge in [-0.2, -0.15) is 0 Å². The molecule has 7 nitrogen and oxygen atoms in total. The van der Waals surface area contributed by atoms with Crippen molar-refractivity contribution in [2.75, 3.05) is 20.3 Å². The van der Waals surface area contributed by atoms with Crippen LogP contribution in [0.4, 0.5) is 0 Å². The summed E-state index contributed by atoms with van der Waals surface area (Å²) < 4.78 is 10.9. The first-order chi connectivity index (χ1) is 16.4. The van der Waals surface area contributed by atoms with Crippen LogP contribution in [0.1, 0.15) is 34.3 Å². The predicted molar refractivity (Wildman–Crippen MR) is 129 cm³/mol. The fourth-order valence-corrected chi connectivity index (χ4v) is 4.89. The maximum absolute atomic E-state index is 13.7. The number of H-pyrrole nitrogens is 1. The van der Waals surface area contributed by atoms with Gasteiger partial charge in [-0.15, -0.1) is 0 Å². The third-order valence-electron chi connectivity index (χ3n) is 6.21. The van der Waals surface area contributed by atoms with Crippen LogP contribution in [0.15, 0.2) is 64.3 Å². The molecular weight excluding hydrogens is 456 g/mol. The highest BCUT2D eigenvalue weighted by atomic mass is 35.5. The Bertz CT molecular complexity index is 1460. The van der Waals surface area contributed by atoms with E-state index in [4.69, 9.17) is 20.8 Å².